The lowest BCUT2D eigenvalue weighted by Crippen LogP contribution is -2.53. The van der Waals surface area contributed by atoms with E-state index in [-0.39, 0.29) is 0 Å². The van der Waals surface area contributed by atoms with Crippen molar-refractivity contribution in [2.45, 2.75) is 38.0 Å². The fourth-order valence-electron chi connectivity index (χ4n) is 5.71. The Labute approximate surface area is 129 Å². The van der Waals surface area contributed by atoms with Gasteiger partial charge in [0.2, 0.25) is 0 Å². The van der Waals surface area contributed by atoms with Crippen LogP contribution in [0.4, 0.5) is 0 Å². The van der Waals surface area contributed by atoms with Gasteiger partial charge in [0.05, 0.1) is 11.0 Å². The van der Waals surface area contributed by atoms with Crippen LogP contribution in [0, 0.1) is 23.2 Å². The van der Waals surface area contributed by atoms with Crippen LogP contribution in [0.2, 0.25) is 0 Å². The summed E-state index contributed by atoms with van der Waals surface area (Å²) in [4.78, 5) is 23.0. The van der Waals surface area contributed by atoms with Crippen LogP contribution in [0.25, 0.3) is 0 Å². The largest absolute Gasteiger partial charge is 0.481 e. The van der Waals surface area contributed by atoms with Gasteiger partial charge in [0.25, 0.3) is 0 Å². The number of carbonyl (C=O) groups is 2. The van der Waals surface area contributed by atoms with E-state index in [9.17, 15) is 19.8 Å². The van der Waals surface area contributed by atoms with Crippen molar-refractivity contribution in [2.24, 2.45) is 23.2 Å². The SMILES string of the molecule is O=C(O)c1cccc(C2[C@@H]3CC4C[C@H]2CC(C(=O)O)(C4)C3)c1. The summed E-state index contributed by atoms with van der Waals surface area (Å²) < 4.78 is 0. The van der Waals surface area contributed by atoms with Gasteiger partial charge in [0.1, 0.15) is 0 Å². The van der Waals surface area contributed by atoms with E-state index in [1.54, 1.807) is 12.1 Å². The van der Waals surface area contributed by atoms with E-state index < -0.39 is 17.4 Å². The number of benzene rings is 1. The molecular formula is C18H20O4. The summed E-state index contributed by atoms with van der Waals surface area (Å²) in [5, 5.41) is 18.9. The van der Waals surface area contributed by atoms with E-state index in [0.29, 0.717) is 29.2 Å². The van der Waals surface area contributed by atoms with Crippen molar-refractivity contribution in [1.82, 2.24) is 0 Å². The Morgan fingerprint density at radius 3 is 2.32 bits per heavy atom. The normalized spacial score (nSPS) is 38.9. The number of carboxylic acid groups (broad SMARTS) is 2. The van der Waals surface area contributed by atoms with Gasteiger partial charge in [-0.3, -0.25) is 4.79 Å². The number of carboxylic acids is 2. The molecule has 3 unspecified atom stereocenters. The Morgan fingerprint density at radius 1 is 1.05 bits per heavy atom. The Hall–Kier alpha value is -1.84. The van der Waals surface area contributed by atoms with Crippen LogP contribution in [-0.4, -0.2) is 22.2 Å². The molecule has 1 aromatic rings. The maximum atomic E-state index is 11.8. The summed E-state index contributed by atoms with van der Waals surface area (Å²) in [6.07, 6.45) is 4.58. The van der Waals surface area contributed by atoms with Crippen LogP contribution in [0.1, 0.15) is 53.9 Å². The highest BCUT2D eigenvalue weighted by Gasteiger charge is 2.58. The highest BCUT2D eigenvalue weighted by molar-refractivity contribution is 5.87. The molecule has 0 saturated heterocycles. The third kappa shape index (κ3) is 1.89. The molecule has 4 saturated carbocycles. The molecular weight excluding hydrogens is 280 g/mol. The van der Waals surface area contributed by atoms with Crippen molar-refractivity contribution in [2.75, 3.05) is 0 Å². The van der Waals surface area contributed by atoms with Crippen LogP contribution in [0.15, 0.2) is 24.3 Å². The number of hydrogen-bond acceptors (Lipinski definition) is 2. The van der Waals surface area contributed by atoms with Gasteiger partial charge in [-0.05, 0) is 73.5 Å². The summed E-state index contributed by atoms with van der Waals surface area (Å²) >= 11 is 0. The van der Waals surface area contributed by atoms with Gasteiger partial charge in [0.15, 0.2) is 0 Å². The first kappa shape index (κ1) is 13.8. The van der Waals surface area contributed by atoms with E-state index in [1.807, 2.05) is 12.1 Å². The molecule has 4 bridgehead atoms. The lowest BCUT2D eigenvalue weighted by Gasteiger charge is -2.58. The van der Waals surface area contributed by atoms with Gasteiger partial charge in [0, 0.05) is 0 Å². The average Bonchev–Trinajstić information content (AvgIpc) is 2.46. The van der Waals surface area contributed by atoms with E-state index >= 15 is 0 Å². The van der Waals surface area contributed by atoms with Crippen molar-refractivity contribution < 1.29 is 19.8 Å². The standard InChI is InChI=1S/C18H20O4/c19-16(20)12-3-1-2-11(6-12)15-13-4-10-5-14(15)9-18(7-10,8-13)17(21)22/h1-3,6,10,13-15H,4-5,7-9H2,(H,19,20)(H,21,22)/t10?,13-,14+,15?,18?. The maximum Gasteiger partial charge on any atom is 0.335 e. The maximum absolute atomic E-state index is 11.8. The summed E-state index contributed by atoms with van der Waals surface area (Å²) in [6.45, 7) is 0. The topological polar surface area (TPSA) is 74.6 Å². The highest BCUT2D eigenvalue weighted by atomic mass is 16.4. The van der Waals surface area contributed by atoms with E-state index in [2.05, 4.69) is 0 Å². The molecule has 4 heteroatoms. The van der Waals surface area contributed by atoms with Crippen molar-refractivity contribution >= 4 is 11.9 Å². The number of rotatable bonds is 3. The summed E-state index contributed by atoms with van der Waals surface area (Å²) in [6, 6.07) is 7.26. The zero-order valence-electron chi connectivity index (χ0n) is 12.4. The quantitative estimate of drug-likeness (QED) is 0.897. The van der Waals surface area contributed by atoms with Gasteiger partial charge in [-0.2, -0.15) is 0 Å². The molecule has 0 radical (unpaired) electrons. The molecule has 0 amide bonds. The number of hydrogen-bond donors (Lipinski definition) is 2. The van der Waals surface area contributed by atoms with Gasteiger partial charge in [-0.25, -0.2) is 4.79 Å². The number of aromatic carboxylic acids is 1. The fraction of sp³-hybridized carbons (Fsp3) is 0.556. The van der Waals surface area contributed by atoms with Gasteiger partial charge in [-0.15, -0.1) is 0 Å². The molecule has 5 atom stereocenters. The Balaban J connectivity index is 1.69. The zero-order valence-corrected chi connectivity index (χ0v) is 12.4. The van der Waals surface area contributed by atoms with Crippen molar-refractivity contribution in [1.29, 1.82) is 0 Å². The summed E-state index contributed by atoms with van der Waals surface area (Å²) in [7, 11) is 0. The van der Waals surface area contributed by atoms with Crippen LogP contribution in [0.5, 0.6) is 0 Å². The fourth-order valence-corrected chi connectivity index (χ4v) is 5.71. The summed E-state index contributed by atoms with van der Waals surface area (Å²) in [5.41, 5.74) is 0.922. The molecule has 22 heavy (non-hydrogen) atoms. The van der Waals surface area contributed by atoms with E-state index in [4.69, 9.17) is 0 Å². The van der Waals surface area contributed by atoms with Gasteiger partial charge >= 0.3 is 11.9 Å². The lowest BCUT2D eigenvalue weighted by atomic mass is 9.45. The average molecular weight is 300 g/mol. The predicted octanol–water partition coefficient (Wildman–Crippen LogP) is 3.38. The minimum Gasteiger partial charge on any atom is -0.481 e. The van der Waals surface area contributed by atoms with E-state index in [1.165, 1.54) is 0 Å². The third-order valence-corrected chi connectivity index (χ3v) is 6.25. The van der Waals surface area contributed by atoms with Crippen molar-refractivity contribution in [3.8, 4) is 0 Å². The highest BCUT2D eigenvalue weighted by Crippen LogP contribution is 2.64. The molecule has 0 aromatic heterocycles. The molecule has 4 aliphatic rings. The van der Waals surface area contributed by atoms with Crippen LogP contribution in [0.3, 0.4) is 0 Å². The molecule has 1 aromatic carbocycles. The first-order chi connectivity index (χ1) is 10.5. The second-order valence-electron chi connectivity index (χ2n) is 7.51. The molecule has 0 spiro atoms. The number of aliphatic carboxylic acids is 1. The van der Waals surface area contributed by atoms with E-state index in [0.717, 1.165) is 37.7 Å². The minimum absolute atomic E-state index is 0.333. The first-order valence-corrected chi connectivity index (χ1v) is 8.05. The van der Waals surface area contributed by atoms with Crippen molar-refractivity contribution in [3.05, 3.63) is 35.4 Å². The Morgan fingerprint density at radius 2 is 1.73 bits per heavy atom. The Bertz CT molecular complexity index is 634. The second-order valence-corrected chi connectivity index (χ2v) is 7.51. The molecule has 116 valence electrons. The van der Waals surface area contributed by atoms with Gasteiger partial charge < -0.3 is 10.2 Å². The zero-order chi connectivity index (χ0) is 15.5. The van der Waals surface area contributed by atoms with Crippen LogP contribution >= 0.6 is 0 Å². The predicted molar refractivity (Wildman–Crippen MR) is 79.8 cm³/mol. The molecule has 4 nitrogen and oxygen atoms in total. The molecule has 2 N–H and O–H groups in total. The molecule has 0 heterocycles. The Kier molecular flexibility index (Phi) is 2.87. The lowest BCUT2D eigenvalue weighted by molar-refractivity contribution is -0.166. The smallest absolute Gasteiger partial charge is 0.335 e. The summed E-state index contributed by atoms with van der Waals surface area (Å²) in [5.74, 6) is 0.158. The molecule has 0 aliphatic heterocycles. The van der Waals surface area contributed by atoms with Crippen LogP contribution < -0.4 is 0 Å². The first-order valence-electron chi connectivity index (χ1n) is 8.05. The minimum atomic E-state index is -0.896. The third-order valence-electron chi connectivity index (χ3n) is 6.25. The monoisotopic (exact) mass is 300 g/mol. The molecule has 4 fully saturated rings. The van der Waals surface area contributed by atoms with Crippen molar-refractivity contribution in [3.63, 3.8) is 0 Å². The second kappa shape index (κ2) is 4.58. The molecule has 4 aliphatic carbocycles. The molecule has 5 rings (SSSR count). The van der Waals surface area contributed by atoms with Gasteiger partial charge in [-0.1, -0.05) is 12.1 Å². The van der Waals surface area contributed by atoms with Crippen LogP contribution in [-0.2, 0) is 4.79 Å².